The van der Waals surface area contributed by atoms with Crippen molar-refractivity contribution in [2.75, 3.05) is 36.2 Å². The Kier molecular flexibility index (Phi) is 13.3. The van der Waals surface area contributed by atoms with Gasteiger partial charge in [-0.15, -0.1) is 0 Å². The van der Waals surface area contributed by atoms with Crippen LogP contribution in [0.1, 0.15) is 19.8 Å². The lowest BCUT2D eigenvalue weighted by atomic mass is 10.2. The maximum absolute atomic E-state index is 14.5. The molecule has 0 aromatic carbocycles. The van der Waals surface area contributed by atoms with Gasteiger partial charge < -0.3 is 10.2 Å². The summed E-state index contributed by atoms with van der Waals surface area (Å²) < 4.78 is 139. The van der Waals surface area contributed by atoms with Crippen LogP contribution in [0.4, 0.5) is 43.9 Å². The highest BCUT2D eigenvalue weighted by Gasteiger charge is 2.75. The summed E-state index contributed by atoms with van der Waals surface area (Å²) in [6, 6.07) is 0. The number of hydrogen-bond acceptors (Lipinski definition) is 8. The van der Waals surface area contributed by atoms with Crippen molar-refractivity contribution in [3.63, 3.8) is 0 Å². The molecular formula is C20H27F10N3O6S2. The van der Waals surface area contributed by atoms with E-state index in [9.17, 15) is 58.3 Å². The van der Waals surface area contributed by atoms with E-state index in [1.165, 1.54) is 0 Å². The molecule has 1 aromatic heterocycles. The number of nitrogens with zero attached hydrogens (tertiary/aromatic N) is 3. The van der Waals surface area contributed by atoms with E-state index in [-0.39, 0.29) is 58.2 Å². The van der Waals surface area contributed by atoms with E-state index in [1.54, 1.807) is 0 Å². The third kappa shape index (κ3) is 9.14. The van der Waals surface area contributed by atoms with Gasteiger partial charge in [0, 0.05) is 31.5 Å². The number of ether oxygens (including phenoxy) is 1. The molecule has 21 heteroatoms. The fourth-order valence-electron chi connectivity index (χ4n) is 3.03. The Morgan fingerprint density at radius 1 is 0.659 bits per heavy atom. The molecule has 0 fully saturated rings. The minimum Gasteiger partial charge on any atom is -0.396 e. The molecule has 0 aliphatic rings. The standard InChI is InChI=1S/C20H27F10N3O6S2/c1-16(21,22)18(25,26)20(29,30)39-19(27,28)17(23,24)12-33-14(37)31(4-2-8-40-10-6-34)13(36)32(15(33)38)5-3-9-41-11-7-35/h34-35H,2-12H2,1H3. The Morgan fingerprint density at radius 3 is 1.41 bits per heavy atom. The molecule has 0 radical (unpaired) electrons. The molecule has 0 aliphatic heterocycles. The molecule has 41 heavy (non-hydrogen) atoms. The molecule has 0 amide bonds. The van der Waals surface area contributed by atoms with E-state index in [0.717, 1.165) is 23.5 Å². The van der Waals surface area contributed by atoms with Gasteiger partial charge in [-0.25, -0.2) is 32.8 Å². The Bertz CT molecular complexity index is 1120. The SMILES string of the molecule is CC(F)(F)C(F)(F)C(F)(F)OC(F)(F)C(F)(F)Cn1c(=O)n(CCCSCCO)c(=O)n(CCCSCCO)c1=O. The summed E-state index contributed by atoms with van der Waals surface area (Å²) >= 11 is 2.30. The summed E-state index contributed by atoms with van der Waals surface area (Å²) in [6.07, 6.45) is -13.5. The zero-order valence-electron chi connectivity index (χ0n) is 21.2. The molecule has 0 aliphatic carbocycles. The average Bonchev–Trinajstić information content (AvgIpc) is 2.83. The Labute approximate surface area is 233 Å². The van der Waals surface area contributed by atoms with Crippen LogP contribution in [0.25, 0.3) is 0 Å². The van der Waals surface area contributed by atoms with Crippen LogP contribution in [0.2, 0.25) is 0 Å². The lowest BCUT2D eigenvalue weighted by Gasteiger charge is -2.34. The van der Waals surface area contributed by atoms with Crippen LogP contribution in [0.5, 0.6) is 0 Å². The zero-order valence-corrected chi connectivity index (χ0v) is 22.9. The molecule has 0 saturated carbocycles. The van der Waals surface area contributed by atoms with Crippen LogP contribution in [0.15, 0.2) is 14.4 Å². The third-order valence-corrected chi connectivity index (χ3v) is 7.25. The molecule has 2 N–H and O–H groups in total. The van der Waals surface area contributed by atoms with Gasteiger partial charge in [0.25, 0.3) is 0 Å². The number of aromatic nitrogens is 3. The van der Waals surface area contributed by atoms with Crippen LogP contribution >= 0.6 is 23.5 Å². The van der Waals surface area contributed by atoms with E-state index in [2.05, 4.69) is 4.74 Å². The number of rotatable bonds is 19. The first-order chi connectivity index (χ1) is 18.7. The highest BCUT2D eigenvalue weighted by Crippen LogP contribution is 2.50. The second-order valence-electron chi connectivity index (χ2n) is 8.42. The normalized spacial score (nSPS) is 13.7. The summed E-state index contributed by atoms with van der Waals surface area (Å²) in [6.45, 7) is -5.07. The largest absolute Gasteiger partial charge is 0.430 e. The van der Waals surface area contributed by atoms with E-state index in [1.807, 2.05) is 0 Å². The van der Waals surface area contributed by atoms with Crippen LogP contribution < -0.4 is 17.1 Å². The minimum absolute atomic E-state index is 0.0213. The molecule has 1 heterocycles. The first-order valence-electron chi connectivity index (χ1n) is 11.6. The molecule has 1 rings (SSSR count). The van der Waals surface area contributed by atoms with E-state index >= 15 is 0 Å². The minimum atomic E-state index is -6.85. The monoisotopic (exact) mass is 659 g/mol. The molecule has 0 spiro atoms. The Morgan fingerprint density at radius 2 is 1.05 bits per heavy atom. The maximum Gasteiger partial charge on any atom is 0.430 e. The molecule has 240 valence electrons. The smallest absolute Gasteiger partial charge is 0.396 e. The van der Waals surface area contributed by atoms with Gasteiger partial charge in [-0.2, -0.15) is 67.4 Å². The van der Waals surface area contributed by atoms with Crippen molar-refractivity contribution in [1.82, 2.24) is 13.7 Å². The summed E-state index contributed by atoms with van der Waals surface area (Å²) in [7, 11) is 0. The van der Waals surface area contributed by atoms with Crippen LogP contribution in [-0.4, -0.2) is 90.1 Å². The Balaban J connectivity index is 3.50. The lowest BCUT2D eigenvalue weighted by molar-refractivity contribution is -0.485. The highest BCUT2D eigenvalue weighted by atomic mass is 32.2. The highest BCUT2D eigenvalue weighted by molar-refractivity contribution is 7.99. The van der Waals surface area contributed by atoms with E-state index in [0.29, 0.717) is 0 Å². The van der Waals surface area contributed by atoms with Gasteiger partial charge in [0.1, 0.15) is 6.54 Å². The molecule has 0 atom stereocenters. The van der Waals surface area contributed by atoms with Crippen LogP contribution in [-0.2, 0) is 24.4 Å². The van der Waals surface area contributed by atoms with E-state index in [4.69, 9.17) is 10.2 Å². The topological polar surface area (TPSA) is 116 Å². The summed E-state index contributed by atoms with van der Waals surface area (Å²) in [5.74, 6) is -17.5. The number of aliphatic hydroxyl groups is 2. The van der Waals surface area contributed by atoms with Gasteiger partial charge in [0.05, 0.1) is 13.2 Å². The van der Waals surface area contributed by atoms with Crippen molar-refractivity contribution in [3.05, 3.63) is 31.5 Å². The Hall–Kier alpha value is -1.71. The number of thioether (sulfide) groups is 2. The molecular weight excluding hydrogens is 632 g/mol. The number of halogens is 10. The first-order valence-corrected chi connectivity index (χ1v) is 13.9. The molecule has 0 bridgehead atoms. The van der Waals surface area contributed by atoms with E-state index < -0.39 is 78.2 Å². The van der Waals surface area contributed by atoms with Crippen LogP contribution in [0.3, 0.4) is 0 Å². The predicted octanol–water partition coefficient (Wildman–Crippen LogP) is 2.53. The molecule has 0 saturated heterocycles. The summed E-state index contributed by atoms with van der Waals surface area (Å²) in [5, 5.41) is 17.6. The number of aliphatic hydroxyl groups excluding tert-OH is 2. The first kappa shape index (κ1) is 37.3. The second kappa shape index (κ2) is 14.6. The van der Waals surface area contributed by atoms with Crippen molar-refractivity contribution in [2.45, 2.75) is 69.4 Å². The maximum atomic E-state index is 14.5. The fraction of sp³-hybridized carbons (Fsp3) is 0.850. The van der Waals surface area contributed by atoms with Gasteiger partial charge >= 0.3 is 47.1 Å². The fourth-order valence-corrected chi connectivity index (χ4v) is 4.36. The van der Waals surface area contributed by atoms with Gasteiger partial charge in [0.15, 0.2) is 0 Å². The predicted molar refractivity (Wildman–Crippen MR) is 129 cm³/mol. The van der Waals surface area contributed by atoms with Gasteiger partial charge in [-0.05, 0) is 24.3 Å². The molecule has 1 aromatic rings. The van der Waals surface area contributed by atoms with Gasteiger partial charge in [-0.1, -0.05) is 0 Å². The third-order valence-electron chi connectivity index (χ3n) is 5.15. The molecule has 9 nitrogen and oxygen atoms in total. The summed E-state index contributed by atoms with van der Waals surface area (Å²) in [5.41, 5.74) is -5.06. The van der Waals surface area contributed by atoms with Crippen molar-refractivity contribution >= 4 is 23.5 Å². The summed E-state index contributed by atoms with van der Waals surface area (Å²) in [4.78, 5) is 38.2. The van der Waals surface area contributed by atoms with Gasteiger partial charge in [-0.3, -0.25) is 0 Å². The van der Waals surface area contributed by atoms with Crippen molar-refractivity contribution < 1.29 is 58.9 Å². The second-order valence-corrected chi connectivity index (χ2v) is 10.9. The van der Waals surface area contributed by atoms with Crippen LogP contribution in [0, 0.1) is 0 Å². The van der Waals surface area contributed by atoms with Gasteiger partial charge in [0.2, 0.25) is 0 Å². The van der Waals surface area contributed by atoms with Crippen molar-refractivity contribution in [2.24, 2.45) is 0 Å². The average molecular weight is 660 g/mol. The lowest BCUT2D eigenvalue weighted by Crippen LogP contribution is -2.61. The zero-order chi connectivity index (χ0) is 31.9. The quantitative estimate of drug-likeness (QED) is 0.172. The van der Waals surface area contributed by atoms with Crippen molar-refractivity contribution in [3.8, 4) is 0 Å². The number of hydrogen-bond donors (Lipinski definition) is 2. The molecule has 0 unspecified atom stereocenters. The van der Waals surface area contributed by atoms with Crippen molar-refractivity contribution in [1.29, 1.82) is 0 Å². The number of alkyl halides is 10.